The summed E-state index contributed by atoms with van der Waals surface area (Å²) in [6, 6.07) is -0.205. The zero-order valence-corrected chi connectivity index (χ0v) is 22.1. The summed E-state index contributed by atoms with van der Waals surface area (Å²) in [5, 5.41) is 0. The topological polar surface area (TPSA) is 0 Å². The molecule has 0 saturated carbocycles. The van der Waals surface area contributed by atoms with Crippen molar-refractivity contribution in [1.29, 1.82) is 0 Å². The molecule has 0 radical (unpaired) electrons. The van der Waals surface area contributed by atoms with Gasteiger partial charge in [0.05, 0.1) is 0 Å². The molecule has 0 N–H and O–H groups in total. The molecule has 0 amide bonds. The largest absolute Gasteiger partial charge is 0.388 e. The molecule has 0 rings (SSSR count). The molecule has 0 aromatic rings. The molecule has 0 aliphatic carbocycles. The van der Waals surface area contributed by atoms with Crippen LogP contribution in [0.1, 0.15) is 89.9 Å². The van der Waals surface area contributed by atoms with Crippen LogP contribution in [0.25, 0.3) is 0 Å². The van der Waals surface area contributed by atoms with E-state index in [9.17, 15) is 13.2 Å². The summed E-state index contributed by atoms with van der Waals surface area (Å²) in [5.74, 6) is 0. The van der Waals surface area contributed by atoms with E-state index in [4.69, 9.17) is 33.2 Å². The van der Waals surface area contributed by atoms with Crippen LogP contribution in [0.2, 0.25) is 31.2 Å². The van der Waals surface area contributed by atoms with E-state index < -0.39 is 26.7 Å². The number of unbranched alkanes of at least 4 members (excludes halogenated alkanes) is 12. The minimum Gasteiger partial charge on any atom is -0.171 e. The number of hydrogen-bond acceptors (Lipinski definition) is 0. The van der Waals surface area contributed by atoms with Crippen LogP contribution in [0.15, 0.2) is 0 Å². The molecule has 170 valence electrons. The Balaban J connectivity index is 3.31. The highest BCUT2D eigenvalue weighted by molar-refractivity contribution is 7.64. The number of halogens is 6. The van der Waals surface area contributed by atoms with Crippen molar-refractivity contribution in [3.8, 4) is 0 Å². The summed E-state index contributed by atoms with van der Waals surface area (Å²) in [5.41, 5.74) is 0. The Hall–Kier alpha value is 1.09. The van der Waals surface area contributed by atoms with Crippen molar-refractivity contribution in [2.75, 3.05) is 0 Å². The normalized spacial score (nSPS) is 13.3. The minimum absolute atomic E-state index is 0.380. The average Bonchev–Trinajstić information content (AvgIpc) is 2.55. The van der Waals surface area contributed by atoms with Crippen molar-refractivity contribution < 1.29 is 13.2 Å². The van der Waals surface area contributed by atoms with Crippen molar-refractivity contribution in [2.45, 2.75) is 127 Å². The Bertz CT molecular complexity index is 373. The predicted molar refractivity (Wildman–Crippen MR) is 126 cm³/mol. The zero-order valence-electron chi connectivity index (χ0n) is 17.8. The van der Waals surface area contributed by atoms with Crippen molar-refractivity contribution in [1.82, 2.24) is 0 Å². The van der Waals surface area contributed by atoms with Crippen LogP contribution < -0.4 is 0 Å². The summed E-state index contributed by atoms with van der Waals surface area (Å²) < 4.78 is 37.0. The molecule has 0 fully saturated rings. The van der Waals surface area contributed by atoms with E-state index in [0.717, 1.165) is 24.9 Å². The van der Waals surface area contributed by atoms with E-state index in [1.807, 2.05) is 0 Å². The monoisotopic (exact) mass is 498 g/mol. The second-order valence-electron chi connectivity index (χ2n) is 8.99. The molecule has 0 aliphatic heterocycles. The Labute approximate surface area is 187 Å². The Morgan fingerprint density at radius 3 is 1.18 bits per heavy atom. The Kier molecular flexibility index (Phi) is 16.4. The van der Waals surface area contributed by atoms with Gasteiger partial charge in [-0.15, -0.1) is 33.2 Å². The van der Waals surface area contributed by atoms with Crippen molar-refractivity contribution in [2.24, 2.45) is 0 Å². The lowest BCUT2D eigenvalue weighted by molar-refractivity contribution is -0.130. The second kappa shape index (κ2) is 15.8. The van der Waals surface area contributed by atoms with Crippen LogP contribution in [0.3, 0.4) is 0 Å². The molecule has 0 aromatic carbocycles. The molecule has 0 bridgehead atoms. The molecule has 0 nitrogen and oxygen atoms in total. The maximum atomic E-state index is 12.3. The van der Waals surface area contributed by atoms with Crippen molar-refractivity contribution in [3.05, 3.63) is 0 Å². The van der Waals surface area contributed by atoms with Gasteiger partial charge < -0.3 is 0 Å². The third-order valence-corrected chi connectivity index (χ3v) is 11.3. The summed E-state index contributed by atoms with van der Waals surface area (Å²) >= 11 is 17.6. The summed E-state index contributed by atoms with van der Waals surface area (Å²) in [7, 11) is -1.66. The van der Waals surface area contributed by atoms with Gasteiger partial charge in [-0.1, -0.05) is 103 Å². The molecule has 0 heterocycles. The lowest BCUT2D eigenvalue weighted by Gasteiger charge is -2.23. The Morgan fingerprint density at radius 1 is 0.536 bits per heavy atom. The SMILES string of the molecule is C[Si](C)(CCCCCCCCCCCCCCC[Si](Cl)(Cl)Cl)CCC(F)(F)F. The zero-order chi connectivity index (χ0) is 21.5. The average molecular weight is 500 g/mol. The molecular formula is C20H40Cl3F3Si2. The van der Waals surface area contributed by atoms with Gasteiger partial charge in [-0.3, -0.25) is 0 Å². The van der Waals surface area contributed by atoms with E-state index in [0.29, 0.717) is 6.04 Å². The van der Waals surface area contributed by atoms with Gasteiger partial charge in [0.15, 0.2) is 0 Å². The van der Waals surface area contributed by atoms with E-state index in [1.54, 1.807) is 0 Å². The molecule has 0 atom stereocenters. The molecule has 0 spiro atoms. The molecule has 0 saturated heterocycles. The molecule has 28 heavy (non-hydrogen) atoms. The van der Waals surface area contributed by atoms with Gasteiger partial charge in [0, 0.05) is 14.5 Å². The molecule has 0 aromatic heterocycles. The summed E-state index contributed by atoms with van der Waals surface area (Å²) in [4.78, 5) is 0. The smallest absolute Gasteiger partial charge is 0.171 e. The minimum atomic E-state index is -3.99. The van der Waals surface area contributed by atoms with Gasteiger partial charge in [0.2, 0.25) is 0 Å². The molecule has 8 heteroatoms. The first-order chi connectivity index (χ1) is 12.9. The number of hydrogen-bond donors (Lipinski definition) is 0. The molecule has 0 unspecified atom stereocenters. The summed E-state index contributed by atoms with van der Waals surface area (Å²) in [6.07, 6.45) is 11.5. The van der Waals surface area contributed by atoms with Gasteiger partial charge in [-0.25, -0.2) is 0 Å². The highest BCUT2D eigenvalue weighted by Crippen LogP contribution is 2.29. The standard InChI is InChI=1S/C20H40Cl3F3Si2/c1-27(2,19-16-20(24,25)26)17-14-12-10-8-6-4-3-5-7-9-11-13-15-18-28(21,22)23/h3-19H2,1-2H3. The third kappa shape index (κ3) is 23.4. The Morgan fingerprint density at radius 2 is 0.857 bits per heavy atom. The quantitative estimate of drug-likeness (QED) is 0.0999. The molecular weight excluding hydrogens is 460 g/mol. The first kappa shape index (κ1) is 29.1. The maximum absolute atomic E-state index is 12.3. The predicted octanol–water partition coefficient (Wildman–Crippen LogP) is 10.4. The third-order valence-electron chi connectivity index (χ3n) is 5.40. The first-order valence-corrected chi connectivity index (χ1v) is 19.7. The second-order valence-corrected chi connectivity index (χ2v) is 23.6. The lowest BCUT2D eigenvalue weighted by Crippen LogP contribution is -2.27. The summed E-state index contributed by atoms with van der Waals surface area (Å²) in [6.45, 7) is 4.20. The van der Waals surface area contributed by atoms with Crippen LogP contribution in [-0.2, 0) is 0 Å². The van der Waals surface area contributed by atoms with Crippen LogP contribution in [0.5, 0.6) is 0 Å². The van der Waals surface area contributed by atoms with E-state index in [-0.39, 0.29) is 0 Å². The fourth-order valence-electron chi connectivity index (χ4n) is 3.48. The first-order valence-electron chi connectivity index (χ1n) is 11.0. The number of alkyl halides is 3. The maximum Gasteiger partial charge on any atom is 0.388 e. The highest BCUT2D eigenvalue weighted by atomic mass is 35.8. The van der Waals surface area contributed by atoms with E-state index in [1.165, 1.54) is 70.6 Å². The van der Waals surface area contributed by atoms with Crippen LogP contribution in [0.4, 0.5) is 13.2 Å². The number of rotatable bonds is 18. The lowest BCUT2D eigenvalue weighted by atomic mass is 10.0. The van der Waals surface area contributed by atoms with Crippen molar-refractivity contribution in [3.63, 3.8) is 0 Å². The van der Waals surface area contributed by atoms with Crippen LogP contribution in [0, 0.1) is 0 Å². The van der Waals surface area contributed by atoms with E-state index in [2.05, 4.69) is 13.1 Å². The van der Waals surface area contributed by atoms with Crippen LogP contribution >= 0.6 is 33.2 Å². The van der Waals surface area contributed by atoms with Gasteiger partial charge in [-0.05, 0) is 12.1 Å². The van der Waals surface area contributed by atoms with Crippen molar-refractivity contribution >= 4 is 47.3 Å². The van der Waals surface area contributed by atoms with Gasteiger partial charge in [0.25, 0.3) is 0 Å². The van der Waals surface area contributed by atoms with Gasteiger partial charge >= 0.3 is 12.2 Å². The van der Waals surface area contributed by atoms with Gasteiger partial charge in [0.1, 0.15) is 0 Å². The highest BCUT2D eigenvalue weighted by Gasteiger charge is 2.31. The fourth-order valence-corrected chi connectivity index (χ4v) is 7.75. The fraction of sp³-hybridized carbons (Fsp3) is 1.00. The van der Waals surface area contributed by atoms with E-state index >= 15 is 0 Å². The van der Waals surface area contributed by atoms with Crippen LogP contribution in [-0.4, -0.2) is 20.3 Å². The van der Waals surface area contributed by atoms with Gasteiger partial charge in [-0.2, -0.15) is 13.2 Å². The molecule has 0 aliphatic rings.